The van der Waals surface area contributed by atoms with Crippen LogP contribution in [0, 0.1) is 6.92 Å². The smallest absolute Gasteiger partial charge is 0.133 e. The van der Waals surface area contributed by atoms with Gasteiger partial charge in [-0.1, -0.05) is 30.4 Å². The van der Waals surface area contributed by atoms with Crippen LogP contribution in [0.3, 0.4) is 0 Å². The summed E-state index contributed by atoms with van der Waals surface area (Å²) in [5.74, 6) is 0. The van der Waals surface area contributed by atoms with Gasteiger partial charge in [0.2, 0.25) is 0 Å². The first kappa shape index (κ1) is 8.82. The molecule has 0 saturated carbocycles. The molecule has 1 nitrogen and oxygen atoms in total. The standard InChI is InChI=1S/C13H11O/c1-2-3-4-5-11-6-7-13-12(10-11)8-9-14-13/h2-10H,1H2. The molecular weight excluding hydrogens is 172 g/mol. The fourth-order valence-electron chi connectivity index (χ4n) is 1.33. The van der Waals surface area contributed by atoms with Gasteiger partial charge in [0.1, 0.15) is 5.58 Å². The third kappa shape index (κ3) is 1.77. The summed E-state index contributed by atoms with van der Waals surface area (Å²) < 4.78 is 5.25. The van der Waals surface area contributed by atoms with E-state index in [1.807, 2.05) is 36.4 Å². The minimum atomic E-state index is 0.926. The highest BCUT2D eigenvalue weighted by Crippen LogP contribution is 2.17. The van der Waals surface area contributed by atoms with E-state index in [1.165, 1.54) is 0 Å². The Morgan fingerprint density at radius 1 is 1.14 bits per heavy atom. The van der Waals surface area contributed by atoms with Crippen LogP contribution in [0.4, 0.5) is 0 Å². The topological polar surface area (TPSA) is 13.1 Å². The van der Waals surface area contributed by atoms with Crippen LogP contribution < -0.4 is 0 Å². The van der Waals surface area contributed by atoms with Crippen molar-refractivity contribution in [1.29, 1.82) is 0 Å². The molecule has 2 rings (SSSR count). The highest BCUT2D eigenvalue weighted by Gasteiger charge is 1.95. The molecule has 2 aromatic rings. The van der Waals surface area contributed by atoms with Gasteiger partial charge in [-0.05, 0) is 30.7 Å². The first-order chi connectivity index (χ1) is 6.90. The fraction of sp³-hybridized carbons (Fsp3) is 0. The molecule has 1 aromatic heterocycles. The second-order valence-corrected chi connectivity index (χ2v) is 3.01. The molecule has 0 aliphatic rings. The predicted octanol–water partition coefficient (Wildman–Crippen LogP) is 3.84. The van der Waals surface area contributed by atoms with Crippen LogP contribution in [0.1, 0.15) is 5.56 Å². The Labute approximate surface area is 83.4 Å². The molecule has 0 unspecified atom stereocenters. The highest BCUT2D eigenvalue weighted by molar-refractivity contribution is 5.80. The lowest BCUT2D eigenvalue weighted by atomic mass is 10.1. The zero-order chi connectivity index (χ0) is 9.80. The molecule has 0 aliphatic carbocycles. The average molecular weight is 183 g/mol. The van der Waals surface area contributed by atoms with Gasteiger partial charge in [-0.25, -0.2) is 0 Å². The van der Waals surface area contributed by atoms with Crippen LogP contribution in [0.2, 0.25) is 0 Å². The van der Waals surface area contributed by atoms with Crippen molar-refractivity contribution in [3.05, 3.63) is 61.2 Å². The first-order valence-electron chi connectivity index (χ1n) is 4.50. The lowest BCUT2D eigenvalue weighted by molar-refractivity contribution is 0.616. The molecule has 1 heterocycles. The third-order valence-electron chi connectivity index (χ3n) is 2.01. The Bertz CT molecular complexity index is 475. The molecule has 0 spiro atoms. The lowest BCUT2D eigenvalue weighted by Crippen LogP contribution is -1.70. The van der Waals surface area contributed by atoms with Gasteiger partial charge in [0.05, 0.1) is 6.26 Å². The second kappa shape index (κ2) is 3.97. The van der Waals surface area contributed by atoms with Crippen molar-refractivity contribution in [3.8, 4) is 0 Å². The van der Waals surface area contributed by atoms with E-state index in [2.05, 4.69) is 13.0 Å². The molecule has 0 bridgehead atoms. The summed E-state index contributed by atoms with van der Waals surface area (Å²) >= 11 is 0. The molecular formula is C13H11O. The van der Waals surface area contributed by atoms with Gasteiger partial charge in [-0.2, -0.15) is 0 Å². The molecule has 0 saturated heterocycles. The Hall–Kier alpha value is -1.76. The summed E-state index contributed by atoms with van der Waals surface area (Å²) in [6.07, 6.45) is 9.36. The molecule has 0 amide bonds. The number of fused-ring (bicyclic) bond motifs is 1. The summed E-state index contributed by atoms with van der Waals surface area (Å²) in [6.45, 7) is 3.61. The molecule has 1 heteroatoms. The van der Waals surface area contributed by atoms with E-state index in [9.17, 15) is 0 Å². The molecule has 1 aromatic carbocycles. The van der Waals surface area contributed by atoms with Crippen LogP contribution >= 0.6 is 0 Å². The summed E-state index contributed by atoms with van der Waals surface area (Å²) in [7, 11) is 0. The Morgan fingerprint density at radius 3 is 2.93 bits per heavy atom. The number of furan rings is 1. The Morgan fingerprint density at radius 2 is 2.07 bits per heavy atom. The third-order valence-corrected chi connectivity index (χ3v) is 2.01. The van der Waals surface area contributed by atoms with Crippen LogP contribution in [0.25, 0.3) is 17.0 Å². The van der Waals surface area contributed by atoms with E-state index in [4.69, 9.17) is 4.42 Å². The van der Waals surface area contributed by atoms with Gasteiger partial charge in [0, 0.05) is 5.39 Å². The maximum Gasteiger partial charge on any atom is 0.133 e. The quantitative estimate of drug-likeness (QED) is 0.645. The van der Waals surface area contributed by atoms with Crippen molar-refractivity contribution in [2.75, 3.05) is 0 Å². The van der Waals surface area contributed by atoms with E-state index in [1.54, 1.807) is 12.3 Å². The van der Waals surface area contributed by atoms with Crippen molar-refractivity contribution in [2.45, 2.75) is 0 Å². The van der Waals surface area contributed by atoms with Crippen molar-refractivity contribution in [1.82, 2.24) is 0 Å². The van der Waals surface area contributed by atoms with Crippen LogP contribution in [-0.4, -0.2) is 0 Å². The van der Waals surface area contributed by atoms with E-state index in [0.717, 1.165) is 16.5 Å². The van der Waals surface area contributed by atoms with E-state index >= 15 is 0 Å². The van der Waals surface area contributed by atoms with Crippen molar-refractivity contribution >= 4 is 17.0 Å². The molecule has 0 fully saturated rings. The zero-order valence-electron chi connectivity index (χ0n) is 7.81. The summed E-state index contributed by atoms with van der Waals surface area (Å²) in [6, 6.07) is 8.05. The lowest BCUT2D eigenvalue weighted by Gasteiger charge is -1.92. The van der Waals surface area contributed by atoms with Gasteiger partial charge >= 0.3 is 0 Å². The van der Waals surface area contributed by atoms with Crippen LogP contribution in [0.15, 0.2) is 53.2 Å². The molecule has 0 N–H and O–H groups in total. The predicted molar refractivity (Wildman–Crippen MR) is 59.7 cm³/mol. The maximum absolute atomic E-state index is 5.25. The van der Waals surface area contributed by atoms with Gasteiger partial charge < -0.3 is 4.42 Å². The Balaban J connectivity index is 2.34. The van der Waals surface area contributed by atoms with Crippen molar-refractivity contribution < 1.29 is 4.42 Å². The van der Waals surface area contributed by atoms with Gasteiger partial charge in [-0.3, -0.25) is 0 Å². The fourth-order valence-corrected chi connectivity index (χ4v) is 1.33. The summed E-state index contributed by atoms with van der Waals surface area (Å²) in [5.41, 5.74) is 2.09. The molecule has 1 radical (unpaired) electrons. The van der Waals surface area contributed by atoms with Gasteiger partial charge in [-0.15, -0.1) is 0 Å². The number of hydrogen-bond donors (Lipinski definition) is 0. The summed E-state index contributed by atoms with van der Waals surface area (Å²) in [5, 5.41) is 1.13. The molecule has 69 valence electrons. The minimum absolute atomic E-state index is 0.926. The van der Waals surface area contributed by atoms with E-state index in [-0.39, 0.29) is 0 Å². The Kier molecular flexibility index (Phi) is 2.50. The van der Waals surface area contributed by atoms with Crippen molar-refractivity contribution in [2.24, 2.45) is 0 Å². The normalized spacial score (nSPS) is 12.1. The number of hydrogen-bond acceptors (Lipinski definition) is 1. The number of benzene rings is 1. The van der Waals surface area contributed by atoms with Gasteiger partial charge in [0.25, 0.3) is 0 Å². The maximum atomic E-state index is 5.25. The van der Waals surface area contributed by atoms with E-state index < -0.39 is 0 Å². The minimum Gasteiger partial charge on any atom is -0.464 e. The zero-order valence-corrected chi connectivity index (χ0v) is 7.81. The second-order valence-electron chi connectivity index (χ2n) is 3.01. The van der Waals surface area contributed by atoms with Crippen LogP contribution in [0.5, 0.6) is 0 Å². The number of allylic oxidation sites excluding steroid dienone is 3. The summed E-state index contributed by atoms with van der Waals surface area (Å²) in [4.78, 5) is 0. The number of rotatable bonds is 2. The highest BCUT2D eigenvalue weighted by atomic mass is 16.3. The molecule has 14 heavy (non-hydrogen) atoms. The largest absolute Gasteiger partial charge is 0.464 e. The SMILES string of the molecule is [CH2]C=CC=Cc1ccc2occc2c1. The monoisotopic (exact) mass is 183 g/mol. The molecule has 0 atom stereocenters. The molecule has 0 aliphatic heterocycles. The average Bonchev–Trinajstić information content (AvgIpc) is 2.65. The first-order valence-corrected chi connectivity index (χ1v) is 4.50. The van der Waals surface area contributed by atoms with Crippen molar-refractivity contribution in [3.63, 3.8) is 0 Å². The van der Waals surface area contributed by atoms with Crippen LogP contribution in [-0.2, 0) is 0 Å². The van der Waals surface area contributed by atoms with Gasteiger partial charge in [0.15, 0.2) is 0 Å². The van der Waals surface area contributed by atoms with E-state index in [0.29, 0.717) is 0 Å².